The number of fused-ring (bicyclic) bond motifs is 1. The summed E-state index contributed by atoms with van der Waals surface area (Å²) in [5, 5.41) is 8.84. The van der Waals surface area contributed by atoms with Gasteiger partial charge in [-0.15, -0.1) is 10.2 Å². The van der Waals surface area contributed by atoms with Gasteiger partial charge in [0.1, 0.15) is 5.75 Å². The summed E-state index contributed by atoms with van der Waals surface area (Å²) in [6, 6.07) is 13.5. The average molecular weight is 483 g/mol. The SMILES string of the molecule is COc1ccccc1-c1nnc(SCC(=O)N2CCN(Cc3ccc4c(c3)OCO4)CC2)n1N. The molecule has 0 saturated carbocycles. The Morgan fingerprint density at radius 2 is 1.88 bits per heavy atom. The average Bonchev–Trinajstić information content (AvgIpc) is 3.49. The van der Waals surface area contributed by atoms with E-state index in [1.807, 2.05) is 41.3 Å². The molecule has 1 fully saturated rings. The largest absolute Gasteiger partial charge is 0.496 e. The lowest BCUT2D eigenvalue weighted by Gasteiger charge is -2.34. The van der Waals surface area contributed by atoms with Crippen molar-refractivity contribution in [2.24, 2.45) is 0 Å². The molecule has 34 heavy (non-hydrogen) atoms. The molecule has 0 spiro atoms. The molecular formula is C23H26N6O4S. The number of para-hydroxylation sites is 1. The molecule has 0 aliphatic carbocycles. The third-order valence-electron chi connectivity index (χ3n) is 5.91. The molecule has 0 radical (unpaired) electrons. The molecule has 3 heterocycles. The van der Waals surface area contributed by atoms with Crippen LogP contribution >= 0.6 is 11.8 Å². The van der Waals surface area contributed by atoms with E-state index in [-0.39, 0.29) is 18.5 Å². The van der Waals surface area contributed by atoms with E-state index in [4.69, 9.17) is 20.1 Å². The fraction of sp³-hybridized carbons (Fsp3) is 0.348. The highest BCUT2D eigenvalue weighted by Gasteiger charge is 2.23. The van der Waals surface area contributed by atoms with E-state index in [1.165, 1.54) is 22.0 Å². The molecule has 1 aromatic heterocycles. The number of carbonyl (C=O) groups is 1. The molecule has 1 amide bonds. The van der Waals surface area contributed by atoms with Crippen LogP contribution in [0.5, 0.6) is 17.2 Å². The topological polar surface area (TPSA) is 108 Å². The Balaban J connectivity index is 1.13. The molecule has 178 valence electrons. The minimum absolute atomic E-state index is 0.0644. The number of nitrogens with zero attached hydrogens (tertiary/aromatic N) is 5. The van der Waals surface area contributed by atoms with Gasteiger partial charge < -0.3 is 25.0 Å². The van der Waals surface area contributed by atoms with Gasteiger partial charge in [0.15, 0.2) is 17.3 Å². The second kappa shape index (κ2) is 9.82. The predicted molar refractivity (Wildman–Crippen MR) is 127 cm³/mol. The number of piperazine rings is 1. The summed E-state index contributed by atoms with van der Waals surface area (Å²) in [5.74, 6) is 9.27. The van der Waals surface area contributed by atoms with Crippen LogP contribution in [0.4, 0.5) is 0 Å². The smallest absolute Gasteiger partial charge is 0.233 e. The van der Waals surface area contributed by atoms with Crippen LogP contribution in [0.2, 0.25) is 0 Å². The van der Waals surface area contributed by atoms with Gasteiger partial charge in [0.25, 0.3) is 0 Å². The number of benzene rings is 2. The van der Waals surface area contributed by atoms with E-state index in [1.54, 1.807) is 7.11 Å². The molecule has 1 saturated heterocycles. The second-order valence-corrected chi connectivity index (χ2v) is 8.95. The van der Waals surface area contributed by atoms with Crippen LogP contribution in [0.15, 0.2) is 47.6 Å². The summed E-state index contributed by atoms with van der Waals surface area (Å²) in [6.07, 6.45) is 0. The Morgan fingerprint density at radius 3 is 2.71 bits per heavy atom. The van der Waals surface area contributed by atoms with E-state index in [9.17, 15) is 4.79 Å². The van der Waals surface area contributed by atoms with Crippen LogP contribution in [0.1, 0.15) is 5.56 Å². The number of methoxy groups -OCH3 is 1. The van der Waals surface area contributed by atoms with Crippen molar-refractivity contribution in [3.8, 4) is 28.6 Å². The monoisotopic (exact) mass is 482 g/mol. The highest BCUT2D eigenvalue weighted by molar-refractivity contribution is 7.99. The number of hydrogen-bond acceptors (Lipinski definition) is 9. The molecule has 2 aromatic carbocycles. The lowest BCUT2D eigenvalue weighted by Crippen LogP contribution is -2.48. The molecule has 2 aliphatic heterocycles. The maximum absolute atomic E-state index is 12.8. The van der Waals surface area contributed by atoms with Crippen LogP contribution in [0.3, 0.4) is 0 Å². The van der Waals surface area contributed by atoms with Crippen molar-refractivity contribution < 1.29 is 19.0 Å². The number of carbonyl (C=O) groups excluding carboxylic acids is 1. The number of thioether (sulfide) groups is 1. The van der Waals surface area contributed by atoms with Crippen LogP contribution in [0, 0.1) is 0 Å². The van der Waals surface area contributed by atoms with E-state index in [0.717, 1.165) is 36.7 Å². The molecule has 10 nitrogen and oxygen atoms in total. The lowest BCUT2D eigenvalue weighted by molar-refractivity contribution is -0.130. The standard InChI is InChI=1S/C23H26N6O4S/c1-31-18-5-3-2-4-17(18)22-25-26-23(29(22)24)34-14-21(30)28-10-8-27(9-11-28)13-16-6-7-19-20(12-16)33-15-32-19/h2-7,12H,8-11,13-15,24H2,1H3. The minimum Gasteiger partial charge on any atom is -0.496 e. The zero-order valence-electron chi connectivity index (χ0n) is 18.8. The highest BCUT2D eigenvalue weighted by Crippen LogP contribution is 2.33. The van der Waals surface area contributed by atoms with Crippen LogP contribution in [0.25, 0.3) is 11.4 Å². The predicted octanol–water partition coefficient (Wildman–Crippen LogP) is 1.83. The maximum atomic E-state index is 12.8. The van der Waals surface area contributed by atoms with E-state index in [2.05, 4.69) is 21.2 Å². The highest BCUT2D eigenvalue weighted by atomic mass is 32.2. The second-order valence-electron chi connectivity index (χ2n) is 8.01. The zero-order chi connectivity index (χ0) is 23.5. The Labute approximate surface area is 201 Å². The van der Waals surface area contributed by atoms with Gasteiger partial charge in [-0.05, 0) is 29.8 Å². The Kier molecular flexibility index (Phi) is 6.45. The quantitative estimate of drug-likeness (QED) is 0.399. The number of nitrogens with two attached hydrogens (primary N) is 1. The van der Waals surface area contributed by atoms with E-state index < -0.39 is 0 Å². The molecule has 2 N–H and O–H groups in total. The Morgan fingerprint density at radius 1 is 1.09 bits per heavy atom. The molecule has 0 bridgehead atoms. The number of rotatable bonds is 7. The first-order valence-corrected chi connectivity index (χ1v) is 12.0. The van der Waals surface area contributed by atoms with E-state index >= 15 is 0 Å². The third-order valence-corrected chi connectivity index (χ3v) is 6.83. The van der Waals surface area contributed by atoms with Crippen molar-refractivity contribution in [3.05, 3.63) is 48.0 Å². The number of nitrogen functional groups attached to an aromatic ring is 1. The van der Waals surface area contributed by atoms with Gasteiger partial charge >= 0.3 is 0 Å². The Bertz CT molecular complexity index is 1180. The summed E-state index contributed by atoms with van der Waals surface area (Å²) >= 11 is 1.29. The summed E-state index contributed by atoms with van der Waals surface area (Å²) in [6.45, 7) is 4.10. The molecule has 11 heteroatoms. The fourth-order valence-electron chi connectivity index (χ4n) is 4.06. The van der Waals surface area contributed by atoms with Crippen LogP contribution in [-0.2, 0) is 11.3 Å². The minimum atomic E-state index is 0.0644. The normalized spacial score (nSPS) is 15.5. The Hall–Kier alpha value is -3.44. The molecule has 5 rings (SSSR count). The summed E-state index contributed by atoms with van der Waals surface area (Å²) in [4.78, 5) is 17.0. The summed E-state index contributed by atoms with van der Waals surface area (Å²) < 4.78 is 17.6. The van der Waals surface area contributed by atoms with Crippen molar-refractivity contribution in [3.63, 3.8) is 0 Å². The first-order valence-electron chi connectivity index (χ1n) is 11.0. The molecule has 0 unspecified atom stereocenters. The van der Waals surface area contributed by atoms with Crippen LogP contribution < -0.4 is 20.1 Å². The summed E-state index contributed by atoms with van der Waals surface area (Å²) in [7, 11) is 1.60. The van der Waals surface area contributed by atoms with Crippen molar-refractivity contribution in [2.75, 3.05) is 51.7 Å². The lowest BCUT2D eigenvalue weighted by atomic mass is 10.1. The number of amides is 1. The first kappa shape index (κ1) is 22.4. The molecule has 3 aromatic rings. The first-order chi connectivity index (χ1) is 16.6. The zero-order valence-corrected chi connectivity index (χ0v) is 19.7. The number of ether oxygens (including phenoxy) is 3. The van der Waals surface area contributed by atoms with Crippen molar-refractivity contribution >= 4 is 17.7 Å². The number of aromatic nitrogens is 3. The van der Waals surface area contributed by atoms with Gasteiger partial charge in [0.2, 0.25) is 17.9 Å². The maximum Gasteiger partial charge on any atom is 0.233 e. The van der Waals surface area contributed by atoms with E-state index in [0.29, 0.717) is 29.8 Å². The van der Waals surface area contributed by atoms with Gasteiger partial charge in [-0.3, -0.25) is 9.69 Å². The van der Waals surface area contributed by atoms with Gasteiger partial charge in [-0.2, -0.15) is 0 Å². The third kappa shape index (κ3) is 4.62. The van der Waals surface area contributed by atoms with Crippen molar-refractivity contribution in [2.45, 2.75) is 11.7 Å². The molecular weight excluding hydrogens is 456 g/mol. The van der Waals surface area contributed by atoms with Gasteiger partial charge in [0, 0.05) is 32.7 Å². The molecule has 2 aliphatic rings. The van der Waals surface area contributed by atoms with Crippen LogP contribution in [-0.4, -0.2) is 76.4 Å². The summed E-state index contributed by atoms with van der Waals surface area (Å²) in [5.41, 5.74) is 1.92. The van der Waals surface area contributed by atoms with Gasteiger partial charge in [0.05, 0.1) is 18.4 Å². The van der Waals surface area contributed by atoms with Crippen molar-refractivity contribution in [1.29, 1.82) is 0 Å². The fourth-order valence-corrected chi connectivity index (χ4v) is 4.82. The van der Waals surface area contributed by atoms with Crippen molar-refractivity contribution in [1.82, 2.24) is 24.7 Å². The van der Waals surface area contributed by atoms with Gasteiger partial charge in [-0.1, -0.05) is 30.0 Å². The molecule has 0 atom stereocenters. The number of hydrogen-bond donors (Lipinski definition) is 1. The van der Waals surface area contributed by atoms with Gasteiger partial charge in [-0.25, -0.2) is 4.68 Å².